The quantitative estimate of drug-likeness (QED) is 0.439. The predicted octanol–water partition coefficient (Wildman–Crippen LogP) is 1.34. The molecular weight excluding hydrogens is 194 g/mol. The van der Waals surface area contributed by atoms with E-state index in [1.54, 1.807) is 19.2 Å². The molecule has 5 heteroatoms. The van der Waals surface area contributed by atoms with Crippen LogP contribution in [0.2, 0.25) is 0 Å². The van der Waals surface area contributed by atoms with Crippen molar-refractivity contribution in [1.29, 1.82) is 0 Å². The van der Waals surface area contributed by atoms with Gasteiger partial charge < -0.3 is 10.1 Å². The molecule has 0 atom stereocenters. The number of hydrogen-bond donors (Lipinski definition) is 2. The minimum absolute atomic E-state index is 0.369. The fraction of sp³-hybridized carbons (Fsp3) is 0.300. The molecule has 0 spiro atoms. The Hall–Kier alpha value is -1.75. The summed E-state index contributed by atoms with van der Waals surface area (Å²) in [5.41, 5.74) is 1.56. The second-order valence-corrected chi connectivity index (χ2v) is 3.17. The first kappa shape index (κ1) is 11.3. The molecule has 82 valence electrons. The number of amides is 2. The number of nitrogens with one attached hydrogen (secondary N) is 1. The van der Waals surface area contributed by atoms with Gasteiger partial charge in [-0.1, -0.05) is 6.07 Å². The molecule has 1 aromatic rings. The molecule has 0 radical (unpaired) electrons. The van der Waals surface area contributed by atoms with Crippen molar-refractivity contribution in [2.45, 2.75) is 6.92 Å². The van der Waals surface area contributed by atoms with Crippen molar-refractivity contribution in [2.75, 3.05) is 19.5 Å². The van der Waals surface area contributed by atoms with Crippen molar-refractivity contribution in [3.63, 3.8) is 0 Å². The second kappa shape index (κ2) is 4.65. The van der Waals surface area contributed by atoms with Gasteiger partial charge in [0.15, 0.2) is 0 Å². The number of methoxy groups -OCH3 is 1. The smallest absolute Gasteiger partial charge is 0.335 e. The third kappa shape index (κ3) is 2.60. The van der Waals surface area contributed by atoms with E-state index in [0.717, 1.165) is 16.3 Å². The van der Waals surface area contributed by atoms with E-state index in [4.69, 9.17) is 10.6 Å². The molecule has 2 amide bonds. The highest BCUT2D eigenvalue weighted by Gasteiger charge is 2.08. The molecule has 15 heavy (non-hydrogen) atoms. The average molecular weight is 209 g/mol. The zero-order chi connectivity index (χ0) is 11.4. The maximum absolute atomic E-state index is 11.3. The molecule has 1 rings (SSSR count). The van der Waals surface area contributed by atoms with Crippen LogP contribution >= 0.6 is 0 Å². The van der Waals surface area contributed by atoms with Gasteiger partial charge in [-0.05, 0) is 19.1 Å². The number of hydrazine groups is 1. The van der Waals surface area contributed by atoms with E-state index in [1.807, 2.05) is 13.0 Å². The summed E-state index contributed by atoms with van der Waals surface area (Å²) < 4.78 is 5.13. The normalized spacial score (nSPS) is 9.60. The minimum Gasteiger partial charge on any atom is -0.496 e. The molecule has 0 unspecified atom stereocenters. The lowest BCUT2D eigenvalue weighted by molar-refractivity contribution is 0.223. The van der Waals surface area contributed by atoms with E-state index in [0.29, 0.717) is 5.69 Å². The predicted molar refractivity (Wildman–Crippen MR) is 58.7 cm³/mol. The third-order valence-corrected chi connectivity index (χ3v) is 2.07. The van der Waals surface area contributed by atoms with E-state index in [1.165, 1.54) is 7.05 Å². The Morgan fingerprint density at radius 3 is 2.73 bits per heavy atom. The number of urea groups is 1. The summed E-state index contributed by atoms with van der Waals surface area (Å²) in [4.78, 5) is 11.3. The lowest BCUT2D eigenvalue weighted by Gasteiger charge is -2.14. The molecule has 5 nitrogen and oxygen atoms in total. The second-order valence-electron chi connectivity index (χ2n) is 3.17. The van der Waals surface area contributed by atoms with Crippen LogP contribution in [0, 0.1) is 6.92 Å². The Bertz CT molecular complexity index is 364. The first-order valence-electron chi connectivity index (χ1n) is 4.49. The van der Waals surface area contributed by atoms with E-state index in [9.17, 15) is 4.79 Å². The van der Waals surface area contributed by atoms with E-state index in [-0.39, 0.29) is 6.03 Å². The molecule has 0 aromatic heterocycles. The molecule has 0 saturated carbocycles. The Kier molecular flexibility index (Phi) is 3.51. The van der Waals surface area contributed by atoms with Crippen LogP contribution < -0.4 is 15.9 Å². The van der Waals surface area contributed by atoms with Gasteiger partial charge in [0.1, 0.15) is 5.75 Å². The highest BCUT2D eigenvalue weighted by atomic mass is 16.5. The van der Waals surface area contributed by atoms with Crippen molar-refractivity contribution in [3.8, 4) is 5.75 Å². The standard InChI is InChI=1S/C10H15N3O2/c1-7-8(12-10(14)13(2)11)5-4-6-9(7)15-3/h4-6H,11H2,1-3H3,(H,12,14). The van der Waals surface area contributed by atoms with Crippen LogP contribution in [0.5, 0.6) is 5.75 Å². The molecule has 3 N–H and O–H groups in total. The van der Waals surface area contributed by atoms with Gasteiger partial charge in [0.2, 0.25) is 0 Å². The van der Waals surface area contributed by atoms with E-state index < -0.39 is 0 Å². The highest BCUT2D eigenvalue weighted by Crippen LogP contribution is 2.24. The van der Waals surface area contributed by atoms with Gasteiger partial charge in [0, 0.05) is 18.3 Å². The highest BCUT2D eigenvalue weighted by molar-refractivity contribution is 5.89. The number of carbonyl (C=O) groups excluding carboxylic acids is 1. The van der Waals surface area contributed by atoms with Crippen molar-refractivity contribution in [1.82, 2.24) is 5.01 Å². The van der Waals surface area contributed by atoms with Crippen LogP contribution in [0.3, 0.4) is 0 Å². The molecular formula is C10H15N3O2. The fourth-order valence-electron chi connectivity index (χ4n) is 1.17. The Morgan fingerprint density at radius 1 is 1.53 bits per heavy atom. The Labute approximate surface area is 88.8 Å². The molecule has 0 heterocycles. The van der Waals surface area contributed by atoms with Crippen LogP contribution in [0.25, 0.3) is 0 Å². The zero-order valence-electron chi connectivity index (χ0n) is 9.07. The lowest BCUT2D eigenvalue weighted by atomic mass is 10.2. The van der Waals surface area contributed by atoms with Gasteiger partial charge in [0.05, 0.1) is 7.11 Å². The molecule has 0 bridgehead atoms. The van der Waals surface area contributed by atoms with Crippen molar-refractivity contribution >= 4 is 11.7 Å². The van der Waals surface area contributed by atoms with Gasteiger partial charge in [-0.3, -0.25) is 5.01 Å². The van der Waals surface area contributed by atoms with Gasteiger partial charge in [-0.25, -0.2) is 10.6 Å². The van der Waals surface area contributed by atoms with Gasteiger partial charge in [-0.2, -0.15) is 0 Å². The van der Waals surface area contributed by atoms with Crippen LogP contribution in [0.15, 0.2) is 18.2 Å². The number of nitrogens with zero attached hydrogens (tertiary/aromatic N) is 1. The summed E-state index contributed by atoms with van der Waals surface area (Å²) >= 11 is 0. The van der Waals surface area contributed by atoms with Gasteiger partial charge in [0.25, 0.3) is 0 Å². The number of ether oxygens (including phenoxy) is 1. The number of anilines is 1. The SMILES string of the molecule is COc1cccc(NC(=O)N(C)N)c1C. The summed E-state index contributed by atoms with van der Waals surface area (Å²) in [5.74, 6) is 6.02. The number of benzene rings is 1. The summed E-state index contributed by atoms with van der Waals surface area (Å²) in [7, 11) is 3.06. The lowest BCUT2D eigenvalue weighted by Crippen LogP contribution is -2.37. The Balaban J connectivity index is 2.91. The number of nitrogens with two attached hydrogens (primary N) is 1. The molecule has 0 aliphatic heterocycles. The van der Waals surface area contributed by atoms with Crippen molar-refractivity contribution in [3.05, 3.63) is 23.8 Å². The van der Waals surface area contributed by atoms with Crippen LogP contribution in [0.4, 0.5) is 10.5 Å². The van der Waals surface area contributed by atoms with E-state index >= 15 is 0 Å². The molecule has 0 aliphatic carbocycles. The third-order valence-electron chi connectivity index (χ3n) is 2.07. The van der Waals surface area contributed by atoms with Crippen LogP contribution in [-0.4, -0.2) is 25.2 Å². The fourth-order valence-corrected chi connectivity index (χ4v) is 1.17. The largest absolute Gasteiger partial charge is 0.496 e. The van der Waals surface area contributed by atoms with E-state index in [2.05, 4.69) is 5.32 Å². The minimum atomic E-state index is -0.369. The number of rotatable bonds is 2. The topological polar surface area (TPSA) is 67.6 Å². The maximum Gasteiger partial charge on any atom is 0.335 e. The van der Waals surface area contributed by atoms with Crippen LogP contribution in [-0.2, 0) is 0 Å². The number of hydrogen-bond acceptors (Lipinski definition) is 3. The summed E-state index contributed by atoms with van der Waals surface area (Å²) in [6.07, 6.45) is 0. The summed E-state index contributed by atoms with van der Waals surface area (Å²) in [6, 6.07) is 5.06. The van der Waals surface area contributed by atoms with Crippen molar-refractivity contribution < 1.29 is 9.53 Å². The van der Waals surface area contributed by atoms with Crippen LogP contribution in [0.1, 0.15) is 5.56 Å². The average Bonchev–Trinajstić information content (AvgIpc) is 2.21. The maximum atomic E-state index is 11.3. The number of carbonyl (C=O) groups is 1. The Morgan fingerprint density at radius 2 is 2.20 bits per heavy atom. The first-order valence-corrected chi connectivity index (χ1v) is 4.49. The summed E-state index contributed by atoms with van der Waals surface area (Å²) in [5, 5.41) is 3.65. The first-order chi connectivity index (χ1) is 7.06. The van der Waals surface area contributed by atoms with Gasteiger partial charge in [-0.15, -0.1) is 0 Å². The molecule has 0 saturated heterocycles. The monoisotopic (exact) mass is 209 g/mol. The van der Waals surface area contributed by atoms with Crippen molar-refractivity contribution in [2.24, 2.45) is 5.84 Å². The summed E-state index contributed by atoms with van der Waals surface area (Å²) in [6.45, 7) is 1.87. The molecule has 1 aromatic carbocycles. The van der Waals surface area contributed by atoms with Gasteiger partial charge >= 0.3 is 6.03 Å². The molecule has 0 aliphatic rings. The molecule has 0 fully saturated rings. The zero-order valence-corrected chi connectivity index (χ0v) is 9.07.